The van der Waals surface area contributed by atoms with Crippen molar-refractivity contribution in [3.8, 4) is 0 Å². The van der Waals surface area contributed by atoms with Crippen molar-refractivity contribution < 1.29 is 8.42 Å². The highest BCUT2D eigenvalue weighted by Crippen LogP contribution is 2.15. The third-order valence-corrected chi connectivity index (χ3v) is 4.84. The minimum absolute atomic E-state index is 0.333. The van der Waals surface area contributed by atoms with Crippen LogP contribution < -0.4 is 4.72 Å². The first kappa shape index (κ1) is 15.2. The number of rotatable bonds is 6. The number of hydrogen-bond donors (Lipinski definition) is 1. The molecule has 0 rings (SSSR count). The van der Waals surface area contributed by atoms with E-state index in [1.54, 1.807) is 20.8 Å². The number of alkyl halides is 1. The Labute approximate surface area is 98.6 Å². The van der Waals surface area contributed by atoms with E-state index < -0.39 is 14.8 Å². The van der Waals surface area contributed by atoms with E-state index in [0.717, 1.165) is 12.8 Å². The van der Waals surface area contributed by atoms with E-state index >= 15 is 0 Å². The standard InChI is InChI=1S/C10H22ClNO2S/c1-5-9(6-7-11)8-12-15(13,14)10(2,3)4/h9,12H,5-8H2,1-4H3. The van der Waals surface area contributed by atoms with Crippen LogP contribution in [-0.4, -0.2) is 25.6 Å². The quantitative estimate of drug-likeness (QED) is 0.741. The number of sulfonamides is 1. The van der Waals surface area contributed by atoms with E-state index in [9.17, 15) is 8.42 Å². The monoisotopic (exact) mass is 255 g/mol. The smallest absolute Gasteiger partial charge is 0.215 e. The van der Waals surface area contributed by atoms with Gasteiger partial charge in [0, 0.05) is 12.4 Å². The summed E-state index contributed by atoms with van der Waals surface area (Å²) in [5.41, 5.74) is 0. The average molecular weight is 256 g/mol. The van der Waals surface area contributed by atoms with Crippen molar-refractivity contribution in [3.05, 3.63) is 0 Å². The fourth-order valence-electron chi connectivity index (χ4n) is 1.05. The Morgan fingerprint density at radius 2 is 1.87 bits per heavy atom. The van der Waals surface area contributed by atoms with Crippen molar-refractivity contribution in [2.24, 2.45) is 5.92 Å². The number of nitrogens with one attached hydrogen (secondary N) is 1. The SMILES string of the molecule is CCC(CCCl)CNS(=O)(=O)C(C)(C)C. The first-order chi connectivity index (χ1) is 6.74. The zero-order valence-electron chi connectivity index (χ0n) is 10.0. The molecule has 0 saturated heterocycles. The maximum atomic E-state index is 11.7. The summed E-state index contributed by atoms with van der Waals surface area (Å²) < 4.78 is 25.4. The van der Waals surface area contributed by atoms with Crippen LogP contribution in [0.1, 0.15) is 40.5 Å². The van der Waals surface area contributed by atoms with Gasteiger partial charge in [-0.15, -0.1) is 11.6 Å². The lowest BCUT2D eigenvalue weighted by molar-refractivity contribution is 0.473. The van der Waals surface area contributed by atoms with E-state index in [0.29, 0.717) is 18.3 Å². The summed E-state index contributed by atoms with van der Waals surface area (Å²) in [7, 11) is -3.21. The number of halogens is 1. The van der Waals surface area contributed by atoms with Gasteiger partial charge in [-0.25, -0.2) is 13.1 Å². The molecule has 0 aliphatic carbocycles. The van der Waals surface area contributed by atoms with Gasteiger partial charge in [-0.2, -0.15) is 0 Å². The lowest BCUT2D eigenvalue weighted by atomic mass is 10.0. The average Bonchev–Trinajstić information content (AvgIpc) is 2.10. The minimum atomic E-state index is -3.21. The fraction of sp³-hybridized carbons (Fsp3) is 1.00. The van der Waals surface area contributed by atoms with Crippen LogP contribution in [0.4, 0.5) is 0 Å². The number of hydrogen-bond acceptors (Lipinski definition) is 2. The van der Waals surface area contributed by atoms with E-state index in [1.165, 1.54) is 0 Å². The molecule has 1 atom stereocenters. The molecule has 0 bridgehead atoms. The molecule has 1 N–H and O–H groups in total. The second-order valence-corrected chi connectivity index (χ2v) is 7.61. The zero-order chi connectivity index (χ0) is 12.1. The highest BCUT2D eigenvalue weighted by molar-refractivity contribution is 7.90. The zero-order valence-corrected chi connectivity index (χ0v) is 11.6. The third kappa shape index (κ3) is 5.18. The van der Waals surface area contributed by atoms with Gasteiger partial charge in [-0.05, 0) is 33.1 Å². The van der Waals surface area contributed by atoms with Crippen LogP contribution in [0.2, 0.25) is 0 Å². The van der Waals surface area contributed by atoms with Gasteiger partial charge in [0.25, 0.3) is 0 Å². The Morgan fingerprint density at radius 1 is 1.33 bits per heavy atom. The van der Waals surface area contributed by atoms with E-state index in [4.69, 9.17) is 11.6 Å². The Hall–Kier alpha value is 0.200. The molecule has 0 aliphatic heterocycles. The molecule has 15 heavy (non-hydrogen) atoms. The molecule has 5 heteroatoms. The van der Waals surface area contributed by atoms with Crippen LogP contribution in [0.5, 0.6) is 0 Å². The van der Waals surface area contributed by atoms with Crippen LogP contribution >= 0.6 is 11.6 Å². The fourth-order valence-corrected chi connectivity index (χ4v) is 2.25. The summed E-state index contributed by atoms with van der Waals surface area (Å²) in [6.07, 6.45) is 1.80. The Kier molecular flexibility index (Phi) is 6.14. The van der Waals surface area contributed by atoms with Crippen LogP contribution in [-0.2, 0) is 10.0 Å². The van der Waals surface area contributed by atoms with Crippen molar-refractivity contribution in [1.82, 2.24) is 4.72 Å². The second kappa shape index (κ2) is 6.06. The molecule has 0 saturated carbocycles. The molecule has 0 spiro atoms. The molecular formula is C10H22ClNO2S. The molecule has 0 aliphatic rings. The summed E-state index contributed by atoms with van der Waals surface area (Å²) in [5, 5.41) is 0. The molecule has 0 fully saturated rings. The van der Waals surface area contributed by atoms with Crippen molar-refractivity contribution >= 4 is 21.6 Å². The maximum Gasteiger partial charge on any atom is 0.216 e. The van der Waals surface area contributed by atoms with Crippen LogP contribution in [0, 0.1) is 5.92 Å². The topological polar surface area (TPSA) is 46.2 Å². The molecule has 0 heterocycles. The van der Waals surface area contributed by atoms with Crippen LogP contribution in [0.25, 0.3) is 0 Å². The minimum Gasteiger partial charge on any atom is -0.215 e. The van der Waals surface area contributed by atoms with Gasteiger partial charge in [-0.3, -0.25) is 0 Å². The van der Waals surface area contributed by atoms with Crippen molar-refractivity contribution in [3.63, 3.8) is 0 Å². The van der Waals surface area contributed by atoms with Gasteiger partial charge in [0.1, 0.15) is 0 Å². The molecule has 92 valence electrons. The van der Waals surface area contributed by atoms with E-state index in [-0.39, 0.29) is 0 Å². The summed E-state index contributed by atoms with van der Waals surface area (Å²) in [4.78, 5) is 0. The molecule has 0 radical (unpaired) electrons. The van der Waals surface area contributed by atoms with E-state index in [2.05, 4.69) is 4.72 Å². The van der Waals surface area contributed by atoms with Crippen LogP contribution in [0.3, 0.4) is 0 Å². The lowest BCUT2D eigenvalue weighted by Crippen LogP contribution is -2.41. The highest BCUT2D eigenvalue weighted by Gasteiger charge is 2.28. The summed E-state index contributed by atoms with van der Waals surface area (Å²) >= 11 is 5.64. The highest BCUT2D eigenvalue weighted by atomic mass is 35.5. The van der Waals surface area contributed by atoms with E-state index in [1.807, 2.05) is 6.92 Å². The van der Waals surface area contributed by atoms with Gasteiger partial charge in [0.15, 0.2) is 0 Å². The predicted molar refractivity (Wildman–Crippen MR) is 65.8 cm³/mol. The Morgan fingerprint density at radius 3 is 2.20 bits per heavy atom. The summed E-state index contributed by atoms with van der Waals surface area (Å²) in [6.45, 7) is 7.61. The summed E-state index contributed by atoms with van der Waals surface area (Å²) in [6, 6.07) is 0. The van der Waals surface area contributed by atoms with Gasteiger partial charge >= 0.3 is 0 Å². The van der Waals surface area contributed by atoms with Gasteiger partial charge in [0.05, 0.1) is 4.75 Å². The van der Waals surface area contributed by atoms with Crippen LogP contribution in [0.15, 0.2) is 0 Å². The summed E-state index contributed by atoms with van der Waals surface area (Å²) in [5.74, 6) is 0.912. The second-order valence-electron chi connectivity index (χ2n) is 4.72. The maximum absolute atomic E-state index is 11.7. The van der Waals surface area contributed by atoms with Gasteiger partial charge in [0.2, 0.25) is 10.0 Å². The Bertz CT molecular complexity index is 270. The predicted octanol–water partition coefficient (Wildman–Crippen LogP) is 2.36. The Balaban J connectivity index is 4.26. The van der Waals surface area contributed by atoms with Gasteiger partial charge < -0.3 is 0 Å². The molecule has 1 unspecified atom stereocenters. The van der Waals surface area contributed by atoms with Crippen molar-refractivity contribution in [1.29, 1.82) is 0 Å². The third-order valence-electron chi connectivity index (χ3n) is 2.46. The largest absolute Gasteiger partial charge is 0.216 e. The first-order valence-electron chi connectivity index (χ1n) is 5.29. The van der Waals surface area contributed by atoms with Crippen molar-refractivity contribution in [2.75, 3.05) is 12.4 Å². The molecule has 3 nitrogen and oxygen atoms in total. The lowest BCUT2D eigenvalue weighted by Gasteiger charge is -2.22. The van der Waals surface area contributed by atoms with Gasteiger partial charge in [-0.1, -0.05) is 13.3 Å². The molecule has 0 aromatic heterocycles. The molecule has 0 aromatic rings. The first-order valence-corrected chi connectivity index (χ1v) is 7.31. The molecule has 0 amide bonds. The normalized spacial score (nSPS) is 15.3. The molecule has 0 aromatic carbocycles. The molecular weight excluding hydrogens is 234 g/mol. The van der Waals surface area contributed by atoms with Crippen molar-refractivity contribution in [2.45, 2.75) is 45.3 Å².